The summed E-state index contributed by atoms with van der Waals surface area (Å²) in [5.41, 5.74) is 2.99. The molecule has 11 heteroatoms. The Balaban J connectivity index is 1.17. The summed E-state index contributed by atoms with van der Waals surface area (Å²) >= 11 is 0. The van der Waals surface area contributed by atoms with Gasteiger partial charge in [0.2, 0.25) is 15.9 Å². The van der Waals surface area contributed by atoms with E-state index in [1.165, 1.54) is 18.3 Å². The van der Waals surface area contributed by atoms with E-state index < -0.39 is 21.2 Å². The summed E-state index contributed by atoms with van der Waals surface area (Å²) in [6, 6.07) is 7.94. The summed E-state index contributed by atoms with van der Waals surface area (Å²) in [5.74, 6) is 2.50. The van der Waals surface area contributed by atoms with Crippen molar-refractivity contribution in [2.75, 3.05) is 0 Å². The van der Waals surface area contributed by atoms with Crippen molar-refractivity contribution in [3.63, 3.8) is 0 Å². The van der Waals surface area contributed by atoms with Gasteiger partial charge in [-0.2, -0.15) is 0 Å². The second kappa shape index (κ2) is 11.0. The number of nitrogens with zero attached hydrogens (tertiary/aromatic N) is 3. The Morgan fingerprint density at radius 1 is 1.21 bits per heavy atom. The largest absolute Gasteiger partial charge is 0.478 e. The van der Waals surface area contributed by atoms with Gasteiger partial charge in [0.1, 0.15) is 17.7 Å². The van der Waals surface area contributed by atoms with Crippen molar-refractivity contribution in [1.29, 1.82) is 0 Å². The molecule has 2 saturated carbocycles. The number of hydrogen-bond donors (Lipinski definition) is 2. The Morgan fingerprint density at radius 3 is 2.64 bits per heavy atom. The maximum atomic E-state index is 13.5. The zero-order chi connectivity index (χ0) is 27.6. The number of halogens is 1. The Morgan fingerprint density at radius 2 is 1.97 bits per heavy atom. The highest BCUT2D eigenvalue weighted by Crippen LogP contribution is 2.30. The highest BCUT2D eigenvalue weighted by atomic mass is 32.2. The molecular weight excluding hydrogens is 521 g/mol. The molecule has 39 heavy (non-hydrogen) atoms. The van der Waals surface area contributed by atoms with Gasteiger partial charge in [0.15, 0.2) is 5.90 Å². The second-order valence-electron chi connectivity index (χ2n) is 9.82. The molecular formula is C28H28FN5O4S. The molecule has 0 bridgehead atoms. The molecule has 9 nitrogen and oxygen atoms in total. The van der Waals surface area contributed by atoms with Crippen LogP contribution in [0.25, 0.3) is 28.0 Å². The van der Waals surface area contributed by atoms with Crippen LogP contribution in [-0.4, -0.2) is 46.5 Å². The van der Waals surface area contributed by atoms with E-state index in [9.17, 15) is 17.6 Å². The first-order valence-electron chi connectivity index (χ1n) is 12.8. The van der Waals surface area contributed by atoms with Crippen LogP contribution in [0, 0.1) is 24.1 Å². The van der Waals surface area contributed by atoms with E-state index in [1.54, 1.807) is 25.3 Å². The standard InChI is InChI=1S/C28H28FN5O4S/c1-3-18(24-12-6-20(16-31-24)27-32-25-13-7-21(29)14-26(25)33-27)15-30-17(2)38-22-8-4-19(5-9-22)28(35)34-39(36,37)23-10-11-23/h1,6-7,12-16,19,22-23H,4-5,8-11H2,2H3,(H,32,33)(H,34,35)/b18-15+,30-17?. The van der Waals surface area contributed by atoms with Crippen LogP contribution in [0.1, 0.15) is 51.1 Å². The van der Waals surface area contributed by atoms with Crippen molar-refractivity contribution in [3.05, 3.63) is 54.2 Å². The molecule has 0 unspecified atom stereocenters. The highest BCUT2D eigenvalue weighted by molar-refractivity contribution is 7.90. The van der Waals surface area contributed by atoms with E-state index in [-0.39, 0.29) is 17.8 Å². The van der Waals surface area contributed by atoms with Crippen LogP contribution < -0.4 is 4.72 Å². The first-order chi connectivity index (χ1) is 18.7. The zero-order valence-electron chi connectivity index (χ0n) is 21.4. The van der Waals surface area contributed by atoms with Gasteiger partial charge in [-0.3, -0.25) is 14.5 Å². The molecule has 3 aromatic rings. The normalized spacial score (nSPS) is 20.4. The number of hydrogen-bond acceptors (Lipinski definition) is 7. The minimum absolute atomic E-state index is 0.116. The molecule has 202 valence electrons. The van der Waals surface area contributed by atoms with E-state index in [0.717, 1.165) is 5.56 Å². The Kier molecular flexibility index (Phi) is 7.48. The lowest BCUT2D eigenvalue weighted by Crippen LogP contribution is -2.39. The summed E-state index contributed by atoms with van der Waals surface area (Å²) in [6.07, 6.45) is 12.3. The lowest BCUT2D eigenvalue weighted by molar-refractivity contribution is -0.124. The number of aromatic amines is 1. The number of benzene rings is 1. The fourth-order valence-corrected chi connectivity index (χ4v) is 5.91. The van der Waals surface area contributed by atoms with Gasteiger partial charge in [-0.1, -0.05) is 5.92 Å². The number of fused-ring (bicyclic) bond motifs is 1. The number of nitrogens with one attached hydrogen (secondary N) is 2. The number of pyridine rings is 1. The van der Waals surface area contributed by atoms with Gasteiger partial charge in [-0.05, 0) is 68.9 Å². The lowest BCUT2D eigenvalue weighted by atomic mass is 9.87. The monoisotopic (exact) mass is 549 g/mol. The predicted molar refractivity (Wildman–Crippen MR) is 146 cm³/mol. The minimum atomic E-state index is -3.53. The predicted octanol–water partition coefficient (Wildman–Crippen LogP) is 4.34. The van der Waals surface area contributed by atoms with Gasteiger partial charge < -0.3 is 9.72 Å². The summed E-state index contributed by atoms with van der Waals surface area (Å²) in [4.78, 5) is 28.7. The molecule has 2 aromatic heterocycles. The first-order valence-corrected chi connectivity index (χ1v) is 14.3. The maximum absolute atomic E-state index is 13.5. The number of H-pyrrole nitrogens is 1. The van der Waals surface area contributed by atoms with Gasteiger partial charge in [-0.25, -0.2) is 22.8 Å². The maximum Gasteiger partial charge on any atom is 0.237 e. The average molecular weight is 550 g/mol. The van der Waals surface area contributed by atoms with E-state index in [4.69, 9.17) is 11.2 Å². The molecule has 0 aliphatic heterocycles. The molecule has 2 N–H and O–H groups in total. The van der Waals surface area contributed by atoms with Crippen molar-refractivity contribution >= 4 is 38.4 Å². The van der Waals surface area contributed by atoms with Crippen LogP contribution in [0.2, 0.25) is 0 Å². The number of sulfonamides is 1. The lowest BCUT2D eigenvalue weighted by Gasteiger charge is -2.28. The van der Waals surface area contributed by atoms with Crippen molar-refractivity contribution < 1.29 is 22.3 Å². The topological polar surface area (TPSA) is 126 Å². The van der Waals surface area contributed by atoms with Crippen LogP contribution in [0.5, 0.6) is 0 Å². The summed E-state index contributed by atoms with van der Waals surface area (Å²) in [7, 11) is -3.53. The van der Waals surface area contributed by atoms with E-state index >= 15 is 0 Å². The third kappa shape index (κ3) is 6.34. The molecule has 0 spiro atoms. The molecule has 0 radical (unpaired) electrons. The Labute approximate surface area is 226 Å². The molecule has 0 saturated heterocycles. The third-order valence-corrected chi connectivity index (χ3v) is 8.71. The Bertz CT molecular complexity index is 1590. The van der Waals surface area contributed by atoms with E-state index in [1.807, 2.05) is 6.07 Å². The van der Waals surface area contributed by atoms with Crippen molar-refractivity contribution in [2.45, 2.75) is 56.8 Å². The van der Waals surface area contributed by atoms with Crippen molar-refractivity contribution in [1.82, 2.24) is 19.7 Å². The van der Waals surface area contributed by atoms with E-state index in [0.29, 0.717) is 72.5 Å². The molecule has 1 amide bonds. The third-order valence-electron chi connectivity index (χ3n) is 6.88. The summed E-state index contributed by atoms with van der Waals surface area (Å²) in [6.45, 7) is 1.73. The molecule has 2 aliphatic carbocycles. The molecule has 0 atom stereocenters. The fourth-order valence-electron chi connectivity index (χ4n) is 4.54. The number of carbonyl (C=O) groups is 1. The SMILES string of the molecule is C#C/C(=C\N=C(C)OC1CCC(C(=O)NS(=O)(=O)C2CC2)CC1)c1ccc(-c2nc3ccc(F)cc3[nH]2)cn1. The van der Waals surface area contributed by atoms with Gasteiger partial charge in [-0.15, -0.1) is 6.42 Å². The molecule has 5 rings (SSSR count). The van der Waals surface area contributed by atoms with Crippen LogP contribution in [0.3, 0.4) is 0 Å². The molecule has 2 fully saturated rings. The molecule has 1 aromatic carbocycles. The average Bonchev–Trinajstić information content (AvgIpc) is 3.70. The van der Waals surface area contributed by atoms with Crippen LogP contribution in [0.15, 0.2) is 47.7 Å². The fraction of sp³-hybridized carbons (Fsp3) is 0.357. The van der Waals surface area contributed by atoms with Gasteiger partial charge in [0.05, 0.1) is 27.6 Å². The quantitative estimate of drug-likeness (QED) is 0.257. The molecule has 2 aliphatic rings. The van der Waals surface area contributed by atoms with Crippen LogP contribution >= 0.6 is 0 Å². The number of ether oxygens (including phenoxy) is 1. The van der Waals surface area contributed by atoms with Gasteiger partial charge >= 0.3 is 0 Å². The number of allylic oxidation sites excluding steroid dienone is 1. The van der Waals surface area contributed by atoms with E-state index in [2.05, 4.69) is 30.6 Å². The first kappa shape index (κ1) is 26.6. The molecule has 2 heterocycles. The van der Waals surface area contributed by atoms with Crippen molar-refractivity contribution in [3.8, 4) is 23.7 Å². The minimum Gasteiger partial charge on any atom is -0.478 e. The number of carbonyl (C=O) groups excluding carboxylic acids is 1. The number of amides is 1. The van der Waals surface area contributed by atoms with Crippen LogP contribution in [0.4, 0.5) is 4.39 Å². The van der Waals surface area contributed by atoms with Gasteiger partial charge in [0, 0.05) is 30.8 Å². The second-order valence-corrected chi connectivity index (χ2v) is 11.8. The summed E-state index contributed by atoms with van der Waals surface area (Å²) in [5, 5.41) is -0.419. The Hall–Kier alpha value is -4.04. The highest BCUT2D eigenvalue weighted by Gasteiger charge is 2.38. The number of terminal acetylenes is 1. The smallest absolute Gasteiger partial charge is 0.237 e. The number of aliphatic imine (C=N–C) groups is 1. The number of aromatic nitrogens is 3. The summed E-state index contributed by atoms with van der Waals surface area (Å²) < 4.78 is 45.7. The number of imidazole rings is 1. The van der Waals surface area contributed by atoms with Crippen molar-refractivity contribution in [2.24, 2.45) is 10.9 Å². The van der Waals surface area contributed by atoms with Crippen LogP contribution in [-0.2, 0) is 19.6 Å². The number of rotatable bonds is 7. The zero-order valence-corrected chi connectivity index (χ0v) is 22.2. The van der Waals surface area contributed by atoms with Gasteiger partial charge in [0.25, 0.3) is 0 Å².